The summed E-state index contributed by atoms with van der Waals surface area (Å²) in [7, 11) is 0. The van der Waals surface area contributed by atoms with Crippen LogP contribution in [0.4, 0.5) is 0 Å². The molecule has 3 heteroatoms. The molecule has 0 radical (unpaired) electrons. The standard InChI is InChI=1S/C12H25NO2/c1-5-9-10-11(12(14)15)13(6-2,7-3)8-4/h11H,5-10H2,1-4H3/p+1. The maximum Gasteiger partial charge on any atom is 0.362 e. The Morgan fingerprint density at radius 3 is 1.87 bits per heavy atom. The number of rotatable bonds is 8. The smallest absolute Gasteiger partial charge is 0.362 e. The molecule has 0 rings (SSSR count). The lowest BCUT2D eigenvalue weighted by molar-refractivity contribution is -0.939. The number of carboxylic acids is 1. The van der Waals surface area contributed by atoms with Crippen LogP contribution in [0.3, 0.4) is 0 Å². The summed E-state index contributed by atoms with van der Waals surface area (Å²) in [5, 5.41) is 9.31. The van der Waals surface area contributed by atoms with E-state index in [2.05, 4.69) is 27.7 Å². The molecular weight excluding hydrogens is 190 g/mol. The van der Waals surface area contributed by atoms with Gasteiger partial charge in [-0.05, 0) is 27.2 Å². The van der Waals surface area contributed by atoms with Crippen molar-refractivity contribution in [1.29, 1.82) is 0 Å². The summed E-state index contributed by atoms with van der Waals surface area (Å²) >= 11 is 0. The van der Waals surface area contributed by atoms with E-state index in [0.29, 0.717) is 0 Å². The molecule has 0 aliphatic rings. The zero-order valence-corrected chi connectivity index (χ0v) is 10.6. The Labute approximate surface area is 93.7 Å². The molecule has 1 unspecified atom stereocenters. The van der Waals surface area contributed by atoms with Gasteiger partial charge in [0.1, 0.15) is 0 Å². The first kappa shape index (κ1) is 14.4. The highest BCUT2D eigenvalue weighted by Crippen LogP contribution is 2.19. The summed E-state index contributed by atoms with van der Waals surface area (Å²) in [6.07, 6.45) is 2.89. The first-order chi connectivity index (χ1) is 7.07. The van der Waals surface area contributed by atoms with Crippen molar-refractivity contribution in [3.63, 3.8) is 0 Å². The number of carboxylic acid groups (broad SMARTS) is 1. The molecule has 0 bridgehead atoms. The Morgan fingerprint density at radius 2 is 1.60 bits per heavy atom. The quantitative estimate of drug-likeness (QED) is 0.633. The van der Waals surface area contributed by atoms with Crippen molar-refractivity contribution < 1.29 is 14.4 Å². The Balaban J connectivity index is 4.74. The molecule has 15 heavy (non-hydrogen) atoms. The number of quaternary nitrogens is 1. The van der Waals surface area contributed by atoms with E-state index in [1.165, 1.54) is 0 Å². The van der Waals surface area contributed by atoms with Gasteiger partial charge in [-0.1, -0.05) is 13.3 Å². The highest BCUT2D eigenvalue weighted by Gasteiger charge is 2.37. The van der Waals surface area contributed by atoms with Crippen LogP contribution in [0.1, 0.15) is 47.0 Å². The highest BCUT2D eigenvalue weighted by molar-refractivity contribution is 5.72. The fourth-order valence-corrected chi connectivity index (χ4v) is 2.36. The summed E-state index contributed by atoms with van der Waals surface area (Å²) in [4.78, 5) is 11.3. The molecule has 0 aromatic carbocycles. The topological polar surface area (TPSA) is 37.3 Å². The van der Waals surface area contributed by atoms with E-state index in [9.17, 15) is 9.90 Å². The summed E-state index contributed by atoms with van der Waals surface area (Å²) in [5.41, 5.74) is 0. The molecule has 0 amide bonds. The van der Waals surface area contributed by atoms with Crippen LogP contribution in [0.25, 0.3) is 0 Å². The minimum atomic E-state index is -0.631. The first-order valence-electron chi connectivity index (χ1n) is 6.16. The van der Waals surface area contributed by atoms with Crippen LogP contribution in [0.15, 0.2) is 0 Å². The van der Waals surface area contributed by atoms with E-state index in [-0.39, 0.29) is 6.04 Å². The second kappa shape index (κ2) is 6.83. The Morgan fingerprint density at radius 1 is 1.13 bits per heavy atom. The van der Waals surface area contributed by atoms with E-state index in [0.717, 1.165) is 43.4 Å². The van der Waals surface area contributed by atoms with Gasteiger partial charge in [-0.25, -0.2) is 4.79 Å². The van der Waals surface area contributed by atoms with Gasteiger partial charge in [0.15, 0.2) is 6.04 Å². The minimum Gasteiger partial charge on any atom is -0.477 e. The van der Waals surface area contributed by atoms with Crippen LogP contribution < -0.4 is 0 Å². The van der Waals surface area contributed by atoms with Crippen LogP contribution in [-0.4, -0.2) is 41.2 Å². The number of nitrogens with zero attached hydrogens (tertiary/aromatic N) is 1. The highest BCUT2D eigenvalue weighted by atomic mass is 16.4. The third kappa shape index (κ3) is 3.49. The van der Waals surface area contributed by atoms with Gasteiger partial charge in [0, 0.05) is 6.42 Å². The molecule has 0 fully saturated rings. The van der Waals surface area contributed by atoms with Gasteiger partial charge in [0.2, 0.25) is 0 Å². The van der Waals surface area contributed by atoms with Gasteiger partial charge < -0.3 is 9.59 Å². The van der Waals surface area contributed by atoms with Gasteiger partial charge in [-0.2, -0.15) is 0 Å². The monoisotopic (exact) mass is 216 g/mol. The van der Waals surface area contributed by atoms with Crippen LogP contribution in [0.2, 0.25) is 0 Å². The molecule has 3 nitrogen and oxygen atoms in total. The minimum absolute atomic E-state index is 0.218. The third-order valence-corrected chi connectivity index (χ3v) is 3.67. The number of hydrogen-bond acceptors (Lipinski definition) is 1. The Kier molecular flexibility index (Phi) is 6.57. The number of aliphatic carboxylic acids is 1. The van der Waals surface area contributed by atoms with Crippen molar-refractivity contribution in [3.8, 4) is 0 Å². The lowest BCUT2D eigenvalue weighted by atomic mass is 10.0. The number of hydrogen-bond donors (Lipinski definition) is 1. The molecule has 1 N–H and O–H groups in total. The lowest BCUT2D eigenvalue weighted by Crippen LogP contribution is -2.58. The van der Waals surface area contributed by atoms with Crippen molar-refractivity contribution >= 4 is 5.97 Å². The maximum atomic E-state index is 11.3. The maximum absolute atomic E-state index is 11.3. The predicted molar refractivity (Wildman–Crippen MR) is 62.8 cm³/mol. The summed E-state index contributed by atoms with van der Waals surface area (Å²) in [6.45, 7) is 11.1. The van der Waals surface area contributed by atoms with Crippen LogP contribution in [0.5, 0.6) is 0 Å². The van der Waals surface area contributed by atoms with Crippen molar-refractivity contribution in [2.24, 2.45) is 0 Å². The van der Waals surface area contributed by atoms with Gasteiger partial charge in [0.05, 0.1) is 19.6 Å². The number of unbranched alkanes of at least 4 members (excludes halogenated alkanes) is 1. The summed E-state index contributed by atoms with van der Waals surface area (Å²) in [6, 6.07) is -0.218. The molecule has 1 atom stereocenters. The van der Waals surface area contributed by atoms with Gasteiger partial charge in [0.25, 0.3) is 0 Å². The van der Waals surface area contributed by atoms with Gasteiger partial charge in [-0.3, -0.25) is 0 Å². The molecular formula is C12H26NO2+. The molecule has 90 valence electrons. The molecule has 0 spiro atoms. The number of carbonyl (C=O) groups is 1. The Hall–Kier alpha value is -0.570. The average Bonchev–Trinajstić information content (AvgIpc) is 2.24. The molecule has 0 saturated heterocycles. The van der Waals surface area contributed by atoms with Crippen molar-refractivity contribution in [2.75, 3.05) is 19.6 Å². The molecule has 0 aliphatic carbocycles. The largest absolute Gasteiger partial charge is 0.477 e. The Bertz CT molecular complexity index is 180. The summed E-state index contributed by atoms with van der Waals surface area (Å²) in [5.74, 6) is -0.631. The van der Waals surface area contributed by atoms with Crippen molar-refractivity contribution in [2.45, 2.75) is 53.0 Å². The van der Waals surface area contributed by atoms with Crippen LogP contribution in [0, 0.1) is 0 Å². The molecule has 0 aliphatic heterocycles. The lowest BCUT2D eigenvalue weighted by Gasteiger charge is -2.40. The normalized spacial score (nSPS) is 13.9. The van der Waals surface area contributed by atoms with Crippen LogP contribution >= 0.6 is 0 Å². The molecule has 0 heterocycles. The van der Waals surface area contributed by atoms with Gasteiger partial charge >= 0.3 is 5.97 Å². The zero-order valence-electron chi connectivity index (χ0n) is 10.6. The third-order valence-electron chi connectivity index (χ3n) is 3.67. The molecule has 0 aromatic rings. The SMILES string of the molecule is CCCCC(C(=O)O)[N+](CC)(CC)CC. The second-order valence-electron chi connectivity index (χ2n) is 4.16. The molecule has 0 aromatic heterocycles. The fourth-order valence-electron chi connectivity index (χ4n) is 2.36. The first-order valence-corrected chi connectivity index (χ1v) is 6.16. The van der Waals surface area contributed by atoms with E-state index in [1.807, 2.05) is 0 Å². The van der Waals surface area contributed by atoms with Crippen molar-refractivity contribution in [3.05, 3.63) is 0 Å². The molecule has 0 saturated carbocycles. The number of likely N-dealkylation sites (N-methyl/N-ethyl adjacent to an activating group) is 1. The fraction of sp³-hybridized carbons (Fsp3) is 0.917. The van der Waals surface area contributed by atoms with E-state index >= 15 is 0 Å². The van der Waals surface area contributed by atoms with E-state index in [4.69, 9.17) is 0 Å². The van der Waals surface area contributed by atoms with Crippen LogP contribution in [-0.2, 0) is 4.79 Å². The van der Waals surface area contributed by atoms with E-state index in [1.54, 1.807) is 0 Å². The average molecular weight is 216 g/mol. The van der Waals surface area contributed by atoms with Crippen molar-refractivity contribution in [1.82, 2.24) is 0 Å². The zero-order chi connectivity index (χ0) is 11.9. The second-order valence-corrected chi connectivity index (χ2v) is 4.16. The summed E-state index contributed by atoms with van der Waals surface area (Å²) < 4.78 is 0.718. The predicted octanol–water partition coefficient (Wildman–Crippen LogP) is 2.51. The van der Waals surface area contributed by atoms with Gasteiger partial charge in [-0.15, -0.1) is 0 Å². The van der Waals surface area contributed by atoms with E-state index < -0.39 is 5.97 Å².